The lowest BCUT2D eigenvalue weighted by Crippen LogP contribution is -2.27. The van der Waals surface area contributed by atoms with Crippen LogP contribution in [0.1, 0.15) is 20.8 Å². The Morgan fingerprint density at radius 1 is 1.50 bits per heavy atom. The highest BCUT2D eigenvalue weighted by Gasteiger charge is 2.20. The predicted molar refractivity (Wildman–Crippen MR) is 71.6 cm³/mol. The van der Waals surface area contributed by atoms with Gasteiger partial charge in [-0.1, -0.05) is 6.07 Å². The van der Waals surface area contributed by atoms with Crippen molar-refractivity contribution < 1.29 is 9.53 Å². The van der Waals surface area contributed by atoms with Crippen molar-refractivity contribution in [2.45, 2.75) is 26.4 Å². The number of nitrogens with two attached hydrogens (primary N) is 1. The minimum absolute atomic E-state index is 0.323. The molecule has 0 bridgehead atoms. The van der Waals surface area contributed by atoms with E-state index in [1.165, 1.54) is 0 Å². The fourth-order valence-corrected chi connectivity index (χ4v) is 2.16. The average Bonchev–Trinajstić information content (AvgIpc) is 2.82. The normalized spacial score (nSPS) is 11.5. The van der Waals surface area contributed by atoms with Crippen LogP contribution in [0.3, 0.4) is 0 Å². The highest BCUT2D eigenvalue weighted by molar-refractivity contribution is 7.13. The molecule has 5 nitrogen and oxygen atoms in total. The minimum atomic E-state index is -0.555. The van der Waals surface area contributed by atoms with Gasteiger partial charge in [0.25, 0.3) is 0 Å². The second kappa shape index (κ2) is 4.45. The molecule has 96 valence electrons. The van der Waals surface area contributed by atoms with Crippen LogP contribution in [0.25, 0.3) is 10.4 Å². The number of rotatable bonds is 1. The first-order valence-electron chi connectivity index (χ1n) is 5.49. The number of hydrogen-bond acceptors (Lipinski definition) is 5. The van der Waals surface area contributed by atoms with Gasteiger partial charge in [0.05, 0.1) is 5.56 Å². The van der Waals surface area contributed by atoms with E-state index in [1.54, 1.807) is 38.3 Å². The summed E-state index contributed by atoms with van der Waals surface area (Å²) in [5.74, 6) is 0.323. The van der Waals surface area contributed by atoms with E-state index in [1.807, 2.05) is 17.5 Å². The molecule has 6 heteroatoms. The van der Waals surface area contributed by atoms with E-state index < -0.39 is 11.7 Å². The Balaban J connectivity index is 2.27. The monoisotopic (exact) mass is 265 g/mol. The van der Waals surface area contributed by atoms with Crippen LogP contribution in [-0.4, -0.2) is 21.5 Å². The summed E-state index contributed by atoms with van der Waals surface area (Å²) in [7, 11) is 0. The van der Waals surface area contributed by atoms with E-state index >= 15 is 0 Å². The zero-order valence-electron chi connectivity index (χ0n) is 10.5. The lowest BCUT2D eigenvalue weighted by Gasteiger charge is -2.18. The van der Waals surface area contributed by atoms with Gasteiger partial charge in [0.1, 0.15) is 5.60 Å². The molecule has 2 heterocycles. The van der Waals surface area contributed by atoms with E-state index in [9.17, 15) is 4.79 Å². The van der Waals surface area contributed by atoms with Crippen LogP contribution in [0.4, 0.5) is 10.6 Å². The Labute approximate surface area is 109 Å². The van der Waals surface area contributed by atoms with Crippen molar-refractivity contribution in [3.63, 3.8) is 0 Å². The maximum absolute atomic E-state index is 11.8. The zero-order chi connectivity index (χ0) is 13.3. The van der Waals surface area contributed by atoms with E-state index in [0.29, 0.717) is 5.82 Å². The number of ether oxygens (including phenoxy) is 1. The first kappa shape index (κ1) is 12.6. The van der Waals surface area contributed by atoms with Crippen LogP contribution in [-0.2, 0) is 4.74 Å². The molecule has 0 aliphatic carbocycles. The van der Waals surface area contributed by atoms with Gasteiger partial charge in [-0.3, -0.25) is 0 Å². The molecule has 0 saturated carbocycles. The van der Waals surface area contributed by atoms with Crippen LogP contribution < -0.4 is 5.73 Å². The van der Waals surface area contributed by atoms with Crippen LogP contribution in [0, 0.1) is 0 Å². The summed E-state index contributed by atoms with van der Waals surface area (Å²) in [6.45, 7) is 5.41. The number of nitrogens with zero attached hydrogens (tertiary/aromatic N) is 2. The Morgan fingerprint density at radius 2 is 2.22 bits per heavy atom. The summed E-state index contributed by atoms with van der Waals surface area (Å²) in [5, 5.41) is 5.92. The van der Waals surface area contributed by atoms with E-state index in [2.05, 4.69) is 5.10 Å². The number of carbonyl (C=O) groups is 1. The third-order valence-corrected chi connectivity index (χ3v) is 3.01. The molecule has 18 heavy (non-hydrogen) atoms. The number of aromatic nitrogens is 2. The van der Waals surface area contributed by atoms with Crippen molar-refractivity contribution in [2.24, 2.45) is 0 Å². The van der Waals surface area contributed by atoms with Gasteiger partial charge in [-0.15, -0.1) is 16.4 Å². The highest BCUT2D eigenvalue weighted by atomic mass is 32.1. The lowest BCUT2D eigenvalue weighted by molar-refractivity contribution is 0.0515. The summed E-state index contributed by atoms with van der Waals surface area (Å²) in [5.41, 5.74) is 5.99. The van der Waals surface area contributed by atoms with Crippen LogP contribution in [0.5, 0.6) is 0 Å². The van der Waals surface area contributed by atoms with Gasteiger partial charge in [-0.05, 0) is 32.2 Å². The second-order valence-corrected chi connectivity index (χ2v) is 5.78. The molecule has 0 saturated heterocycles. The zero-order valence-corrected chi connectivity index (χ0v) is 11.3. The lowest BCUT2D eigenvalue weighted by atomic mass is 10.2. The summed E-state index contributed by atoms with van der Waals surface area (Å²) in [6.07, 6.45) is 1.06. The van der Waals surface area contributed by atoms with Gasteiger partial charge >= 0.3 is 6.09 Å². The molecule has 2 aromatic rings. The molecule has 0 aromatic carbocycles. The summed E-state index contributed by atoms with van der Waals surface area (Å²) in [4.78, 5) is 12.8. The van der Waals surface area contributed by atoms with Gasteiger partial charge in [0.2, 0.25) is 0 Å². The van der Waals surface area contributed by atoms with Crippen molar-refractivity contribution in [3.05, 3.63) is 23.7 Å². The SMILES string of the molecule is CC(C)(C)OC(=O)n1cc(-c2cccs2)c(N)n1. The number of carbonyl (C=O) groups excluding carboxylic acids is 1. The summed E-state index contributed by atoms with van der Waals surface area (Å²) < 4.78 is 6.35. The Bertz CT molecular complexity index is 552. The van der Waals surface area contributed by atoms with Gasteiger partial charge < -0.3 is 10.5 Å². The van der Waals surface area contributed by atoms with Gasteiger partial charge in [0, 0.05) is 11.1 Å². The molecule has 2 N–H and O–H groups in total. The quantitative estimate of drug-likeness (QED) is 0.860. The highest BCUT2D eigenvalue weighted by Crippen LogP contribution is 2.29. The van der Waals surface area contributed by atoms with Crippen LogP contribution in [0.2, 0.25) is 0 Å². The largest absolute Gasteiger partial charge is 0.442 e. The molecular formula is C12H15N3O2S. The average molecular weight is 265 g/mol. The first-order valence-corrected chi connectivity index (χ1v) is 6.37. The van der Waals surface area contributed by atoms with E-state index in [0.717, 1.165) is 15.1 Å². The van der Waals surface area contributed by atoms with Gasteiger partial charge in [-0.2, -0.15) is 4.68 Å². The third kappa shape index (κ3) is 2.70. The number of anilines is 1. The Hall–Kier alpha value is -1.82. The fourth-order valence-electron chi connectivity index (χ4n) is 1.41. The topological polar surface area (TPSA) is 70.1 Å². The smallest absolute Gasteiger partial charge is 0.435 e. The number of thiophene rings is 1. The molecule has 0 aliphatic heterocycles. The molecule has 0 aliphatic rings. The molecule has 2 rings (SSSR count). The van der Waals surface area contributed by atoms with Crippen molar-refractivity contribution in [1.82, 2.24) is 9.78 Å². The van der Waals surface area contributed by atoms with Crippen molar-refractivity contribution in [1.29, 1.82) is 0 Å². The molecular weight excluding hydrogens is 250 g/mol. The minimum Gasteiger partial charge on any atom is -0.442 e. The van der Waals surface area contributed by atoms with Crippen LogP contribution in [0.15, 0.2) is 23.7 Å². The molecule has 0 radical (unpaired) electrons. The maximum atomic E-state index is 11.8. The molecule has 0 spiro atoms. The molecule has 0 amide bonds. The van der Waals surface area contributed by atoms with Gasteiger partial charge in [-0.25, -0.2) is 4.79 Å². The fraction of sp³-hybridized carbons (Fsp3) is 0.333. The van der Waals surface area contributed by atoms with E-state index in [4.69, 9.17) is 10.5 Å². The standard InChI is InChI=1S/C12H15N3O2S/c1-12(2,3)17-11(16)15-7-8(10(13)14-15)9-5-4-6-18-9/h4-7H,1-3H3,(H2,13,14). The Kier molecular flexibility index (Phi) is 3.13. The summed E-state index contributed by atoms with van der Waals surface area (Å²) >= 11 is 1.54. The van der Waals surface area contributed by atoms with Crippen molar-refractivity contribution in [3.8, 4) is 10.4 Å². The van der Waals surface area contributed by atoms with E-state index in [-0.39, 0.29) is 0 Å². The molecule has 0 unspecified atom stereocenters. The third-order valence-electron chi connectivity index (χ3n) is 2.11. The predicted octanol–water partition coefficient (Wildman–Crippen LogP) is 2.98. The second-order valence-electron chi connectivity index (χ2n) is 4.83. The van der Waals surface area contributed by atoms with Crippen LogP contribution >= 0.6 is 11.3 Å². The molecule has 2 aromatic heterocycles. The van der Waals surface area contributed by atoms with Crippen molar-refractivity contribution >= 4 is 23.2 Å². The summed E-state index contributed by atoms with van der Waals surface area (Å²) in [6, 6.07) is 3.85. The number of hydrogen-bond donors (Lipinski definition) is 1. The van der Waals surface area contributed by atoms with Gasteiger partial charge in [0.15, 0.2) is 5.82 Å². The first-order chi connectivity index (χ1) is 8.37. The maximum Gasteiger partial charge on any atom is 0.435 e. The van der Waals surface area contributed by atoms with Crippen molar-refractivity contribution in [2.75, 3.05) is 5.73 Å². The molecule has 0 fully saturated rings. The number of nitrogen functional groups attached to an aromatic ring is 1. The Morgan fingerprint density at radius 3 is 2.78 bits per heavy atom. The molecule has 0 atom stereocenters.